The Kier molecular flexibility index (Phi) is 5.20. The van der Waals surface area contributed by atoms with Gasteiger partial charge in [-0.1, -0.05) is 24.3 Å². The van der Waals surface area contributed by atoms with E-state index in [0.717, 1.165) is 5.56 Å². The van der Waals surface area contributed by atoms with Crippen molar-refractivity contribution in [1.29, 1.82) is 0 Å². The predicted octanol–water partition coefficient (Wildman–Crippen LogP) is 3.08. The van der Waals surface area contributed by atoms with Crippen LogP contribution in [-0.4, -0.2) is 23.9 Å². The van der Waals surface area contributed by atoms with Gasteiger partial charge < -0.3 is 19.7 Å². The molecule has 0 unspecified atom stereocenters. The van der Waals surface area contributed by atoms with Crippen LogP contribution < -0.4 is 9.47 Å². The zero-order valence-corrected chi connectivity index (χ0v) is 12.2. The Bertz CT molecular complexity index is 593. The number of benzene rings is 2. The Hall–Kier alpha value is -2.04. The maximum Gasteiger partial charge on any atom is 0.136 e. The van der Waals surface area contributed by atoms with E-state index in [4.69, 9.17) is 14.6 Å². The normalized spacial score (nSPS) is 12.0. The Morgan fingerprint density at radius 2 is 1.67 bits per heavy atom. The van der Waals surface area contributed by atoms with Gasteiger partial charge in [-0.15, -0.1) is 0 Å². The fourth-order valence-corrected chi connectivity index (χ4v) is 2.25. The van der Waals surface area contributed by atoms with Gasteiger partial charge in [0, 0.05) is 6.61 Å². The summed E-state index contributed by atoms with van der Waals surface area (Å²) in [6.45, 7) is 1.73. The Morgan fingerprint density at radius 1 is 1.00 bits per heavy atom. The summed E-state index contributed by atoms with van der Waals surface area (Å²) >= 11 is 0. The van der Waals surface area contributed by atoms with Crippen molar-refractivity contribution in [1.82, 2.24) is 0 Å². The molecule has 21 heavy (non-hydrogen) atoms. The van der Waals surface area contributed by atoms with Gasteiger partial charge in [-0.25, -0.2) is 0 Å². The van der Waals surface area contributed by atoms with E-state index in [0.29, 0.717) is 29.2 Å². The molecule has 0 heterocycles. The van der Waals surface area contributed by atoms with Crippen molar-refractivity contribution in [2.45, 2.75) is 19.4 Å². The molecule has 0 aromatic heterocycles. The van der Waals surface area contributed by atoms with Crippen molar-refractivity contribution >= 4 is 0 Å². The minimum Gasteiger partial charge on any atom is -0.496 e. The highest BCUT2D eigenvalue weighted by molar-refractivity contribution is 5.49. The summed E-state index contributed by atoms with van der Waals surface area (Å²) < 4.78 is 11.2. The number of rotatable bonds is 6. The molecule has 2 rings (SSSR count). The molecule has 0 fully saturated rings. The van der Waals surface area contributed by atoms with E-state index < -0.39 is 6.10 Å². The van der Waals surface area contributed by atoms with Crippen LogP contribution in [-0.2, 0) is 6.42 Å². The maximum absolute atomic E-state index is 9.97. The van der Waals surface area contributed by atoms with E-state index in [2.05, 4.69) is 0 Å². The summed E-state index contributed by atoms with van der Waals surface area (Å²) in [5, 5.41) is 19.1. The highest BCUT2D eigenvalue weighted by atomic mass is 16.5. The standard InChI is InChI=1S/C17H20O4/c1-12(19)17-15(20-2)8-5-9-16(17)21-14-7-4-3-6-13(14)10-11-18/h3-9,12,18-19H,10-11H2,1-2H3/t12-/m1/s1. The minimum atomic E-state index is -0.707. The molecular weight excluding hydrogens is 268 g/mol. The lowest BCUT2D eigenvalue weighted by atomic mass is 10.1. The molecule has 0 spiro atoms. The minimum absolute atomic E-state index is 0.0573. The first-order valence-corrected chi connectivity index (χ1v) is 6.89. The second-order valence-corrected chi connectivity index (χ2v) is 4.73. The van der Waals surface area contributed by atoms with Gasteiger partial charge in [0.05, 0.1) is 18.8 Å². The smallest absolute Gasteiger partial charge is 0.136 e. The van der Waals surface area contributed by atoms with Gasteiger partial charge in [-0.05, 0) is 37.1 Å². The fourth-order valence-electron chi connectivity index (χ4n) is 2.25. The number of hydrogen-bond donors (Lipinski definition) is 2. The lowest BCUT2D eigenvalue weighted by molar-refractivity contribution is 0.190. The van der Waals surface area contributed by atoms with Crippen molar-refractivity contribution in [3.8, 4) is 17.2 Å². The third-order valence-electron chi connectivity index (χ3n) is 3.24. The molecule has 0 aliphatic heterocycles. The van der Waals surface area contributed by atoms with Crippen molar-refractivity contribution in [3.05, 3.63) is 53.6 Å². The average Bonchev–Trinajstić information content (AvgIpc) is 2.49. The van der Waals surface area contributed by atoms with E-state index in [9.17, 15) is 5.11 Å². The molecule has 0 amide bonds. The van der Waals surface area contributed by atoms with E-state index in [-0.39, 0.29) is 6.61 Å². The number of methoxy groups -OCH3 is 1. The van der Waals surface area contributed by atoms with E-state index >= 15 is 0 Å². The lowest BCUT2D eigenvalue weighted by Gasteiger charge is -2.17. The third-order valence-corrected chi connectivity index (χ3v) is 3.24. The summed E-state index contributed by atoms with van der Waals surface area (Å²) in [5.74, 6) is 1.80. The molecule has 0 radical (unpaired) electrons. The van der Waals surface area contributed by atoms with Gasteiger partial charge in [0.15, 0.2) is 0 Å². The van der Waals surface area contributed by atoms with Gasteiger partial charge in [0.1, 0.15) is 17.2 Å². The molecule has 0 saturated carbocycles. The van der Waals surface area contributed by atoms with Crippen LogP contribution in [0.1, 0.15) is 24.2 Å². The third kappa shape index (κ3) is 3.54. The average molecular weight is 288 g/mol. The number of aliphatic hydroxyl groups is 2. The highest BCUT2D eigenvalue weighted by Crippen LogP contribution is 2.37. The lowest BCUT2D eigenvalue weighted by Crippen LogP contribution is -2.01. The molecule has 4 heteroatoms. The van der Waals surface area contributed by atoms with Crippen LogP contribution in [0.3, 0.4) is 0 Å². The van der Waals surface area contributed by atoms with Gasteiger partial charge in [-0.2, -0.15) is 0 Å². The summed E-state index contributed by atoms with van der Waals surface area (Å²) in [5.41, 5.74) is 1.53. The van der Waals surface area contributed by atoms with Gasteiger partial charge in [0.25, 0.3) is 0 Å². The molecule has 2 aromatic carbocycles. The molecule has 0 aliphatic carbocycles. The quantitative estimate of drug-likeness (QED) is 0.857. The molecule has 0 aliphatic rings. The van der Waals surface area contributed by atoms with Crippen molar-refractivity contribution in [3.63, 3.8) is 0 Å². The number of para-hydroxylation sites is 1. The van der Waals surface area contributed by atoms with Crippen molar-refractivity contribution in [2.75, 3.05) is 13.7 Å². The van der Waals surface area contributed by atoms with Crippen molar-refractivity contribution < 1.29 is 19.7 Å². The zero-order valence-electron chi connectivity index (χ0n) is 12.2. The Labute approximate surface area is 124 Å². The number of ether oxygens (including phenoxy) is 2. The van der Waals surface area contributed by atoms with Crippen LogP contribution in [0, 0.1) is 0 Å². The summed E-state index contributed by atoms with van der Waals surface area (Å²) in [7, 11) is 1.56. The first kappa shape index (κ1) is 15.4. The maximum atomic E-state index is 9.97. The van der Waals surface area contributed by atoms with E-state index in [1.807, 2.05) is 30.3 Å². The van der Waals surface area contributed by atoms with Crippen LogP contribution in [0.25, 0.3) is 0 Å². The molecule has 1 atom stereocenters. The molecule has 4 nitrogen and oxygen atoms in total. The largest absolute Gasteiger partial charge is 0.496 e. The second kappa shape index (κ2) is 7.11. The van der Waals surface area contributed by atoms with E-state index in [1.54, 1.807) is 26.2 Å². The second-order valence-electron chi connectivity index (χ2n) is 4.73. The highest BCUT2D eigenvalue weighted by Gasteiger charge is 2.16. The molecule has 0 bridgehead atoms. The van der Waals surface area contributed by atoms with Crippen LogP contribution in [0.15, 0.2) is 42.5 Å². The van der Waals surface area contributed by atoms with Crippen LogP contribution in [0.5, 0.6) is 17.2 Å². The SMILES string of the molecule is COc1cccc(Oc2ccccc2CCO)c1[C@@H](C)O. The topological polar surface area (TPSA) is 58.9 Å². The van der Waals surface area contributed by atoms with Crippen LogP contribution in [0.4, 0.5) is 0 Å². The van der Waals surface area contributed by atoms with E-state index in [1.165, 1.54) is 0 Å². The molecule has 2 N–H and O–H groups in total. The first-order valence-electron chi connectivity index (χ1n) is 6.89. The zero-order chi connectivity index (χ0) is 15.2. The number of aliphatic hydroxyl groups excluding tert-OH is 2. The Balaban J connectivity index is 2.40. The molecular formula is C17H20O4. The fraction of sp³-hybridized carbons (Fsp3) is 0.294. The summed E-state index contributed by atoms with van der Waals surface area (Å²) in [6.07, 6.45) is -0.189. The predicted molar refractivity (Wildman–Crippen MR) is 80.9 cm³/mol. The van der Waals surface area contributed by atoms with Gasteiger partial charge in [-0.3, -0.25) is 0 Å². The number of hydrogen-bond acceptors (Lipinski definition) is 4. The van der Waals surface area contributed by atoms with Gasteiger partial charge in [0.2, 0.25) is 0 Å². The van der Waals surface area contributed by atoms with Gasteiger partial charge >= 0.3 is 0 Å². The molecule has 2 aromatic rings. The summed E-state index contributed by atoms with van der Waals surface area (Å²) in [6, 6.07) is 12.9. The van der Waals surface area contributed by atoms with Crippen LogP contribution in [0.2, 0.25) is 0 Å². The van der Waals surface area contributed by atoms with Crippen molar-refractivity contribution in [2.24, 2.45) is 0 Å². The Morgan fingerprint density at radius 3 is 2.33 bits per heavy atom. The molecule has 112 valence electrons. The van der Waals surface area contributed by atoms with Crippen LogP contribution >= 0.6 is 0 Å². The summed E-state index contributed by atoms with van der Waals surface area (Å²) in [4.78, 5) is 0. The monoisotopic (exact) mass is 288 g/mol. The molecule has 0 saturated heterocycles. The first-order chi connectivity index (χ1) is 10.2.